The van der Waals surface area contributed by atoms with Crippen LogP contribution in [0.5, 0.6) is 0 Å². The minimum atomic E-state index is 0.707. The lowest BCUT2D eigenvalue weighted by Gasteiger charge is -2.22. The fourth-order valence-corrected chi connectivity index (χ4v) is 3.12. The van der Waals surface area contributed by atoms with E-state index in [-0.39, 0.29) is 0 Å². The van der Waals surface area contributed by atoms with Crippen molar-refractivity contribution < 1.29 is 4.90 Å². The Morgan fingerprint density at radius 2 is 2.05 bits per heavy atom. The minimum absolute atomic E-state index is 0.707. The molecular weight excluding hydrogens is 292 g/mol. The quantitative estimate of drug-likeness (QED) is 0.879. The van der Waals surface area contributed by atoms with Crippen LogP contribution in [0.1, 0.15) is 19.3 Å². The van der Waals surface area contributed by atoms with E-state index in [0.29, 0.717) is 5.02 Å². The summed E-state index contributed by atoms with van der Waals surface area (Å²) in [4.78, 5) is 1.56. The predicted molar refractivity (Wildman–Crippen MR) is 81.9 cm³/mol. The van der Waals surface area contributed by atoms with Crippen LogP contribution in [0.25, 0.3) is 5.69 Å². The monoisotopic (exact) mass is 309 g/mol. The maximum absolute atomic E-state index is 6.03. The number of aromatic nitrogens is 3. The van der Waals surface area contributed by atoms with E-state index >= 15 is 0 Å². The van der Waals surface area contributed by atoms with Crippen LogP contribution in [-0.4, -0.2) is 27.4 Å². The van der Waals surface area contributed by atoms with Gasteiger partial charge in [0, 0.05) is 5.02 Å². The van der Waals surface area contributed by atoms with Crippen LogP contribution < -0.4 is 4.90 Å². The van der Waals surface area contributed by atoms with Crippen LogP contribution >= 0.6 is 23.8 Å². The van der Waals surface area contributed by atoms with Gasteiger partial charge in [-0.25, -0.2) is 0 Å². The van der Waals surface area contributed by atoms with Crippen LogP contribution in [-0.2, 0) is 6.67 Å². The average Bonchev–Trinajstić information content (AvgIpc) is 2.81. The molecule has 1 aliphatic rings. The number of nitrogens with zero attached hydrogens (tertiary/aromatic N) is 3. The summed E-state index contributed by atoms with van der Waals surface area (Å²) in [6.45, 7) is 3.28. The highest BCUT2D eigenvalue weighted by Gasteiger charge is 2.15. The van der Waals surface area contributed by atoms with E-state index in [1.807, 2.05) is 33.5 Å². The van der Waals surface area contributed by atoms with Crippen LogP contribution in [0.2, 0.25) is 5.02 Å². The van der Waals surface area contributed by atoms with Crippen LogP contribution in [0.15, 0.2) is 30.6 Å². The molecule has 1 saturated heterocycles. The zero-order valence-corrected chi connectivity index (χ0v) is 12.8. The molecule has 1 N–H and O–H groups in total. The van der Waals surface area contributed by atoms with Gasteiger partial charge < -0.3 is 4.90 Å². The Balaban J connectivity index is 1.83. The molecule has 106 valence electrons. The second kappa shape index (κ2) is 6.08. The Kier molecular flexibility index (Phi) is 4.19. The molecule has 6 heteroatoms. The van der Waals surface area contributed by atoms with Gasteiger partial charge in [0.1, 0.15) is 6.33 Å². The summed E-state index contributed by atoms with van der Waals surface area (Å²) in [5, 5.41) is 5.13. The van der Waals surface area contributed by atoms with Gasteiger partial charge in [-0.2, -0.15) is 9.78 Å². The largest absolute Gasteiger partial charge is 0.316 e. The van der Waals surface area contributed by atoms with Crippen molar-refractivity contribution in [3.05, 3.63) is 40.4 Å². The van der Waals surface area contributed by atoms with E-state index in [1.165, 1.54) is 32.4 Å². The van der Waals surface area contributed by atoms with Crippen molar-refractivity contribution in [1.82, 2.24) is 14.3 Å². The van der Waals surface area contributed by atoms with Crippen molar-refractivity contribution in [2.45, 2.75) is 25.9 Å². The van der Waals surface area contributed by atoms with Gasteiger partial charge in [0.05, 0.1) is 18.8 Å². The summed E-state index contributed by atoms with van der Waals surface area (Å²) in [5.74, 6) is 0. The number of piperidine rings is 1. The van der Waals surface area contributed by atoms with Crippen molar-refractivity contribution in [3.8, 4) is 5.69 Å². The van der Waals surface area contributed by atoms with E-state index < -0.39 is 0 Å². The van der Waals surface area contributed by atoms with Crippen LogP contribution in [0, 0.1) is 4.77 Å². The van der Waals surface area contributed by atoms with Gasteiger partial charge >= 0.3 is 0 Å². The summed E-state index contributed by atoms with van der Waals surface area (Å²) >= 11 is 11.6. The zero-order chi connectivity index (χ0) is 13.9. The van der Waals surface area contributed by atoms with Crippen LogP contribution in [0.4, 0.5) is 0 Å². The van der Waals surface area contributed by atoms with Gasteiger partial charge in [-0.1, -0.05) is 17.7 Å². The molecule has 0 amide bonds. The van der Waals surface area contributed by atoms with Gasteiger partial charge in [-0.3, -0.25) is 4.57 Å². The zero-order valence-electron chi connectivity index (χ0n) is 11.3. The van der Waals surface area contributed by atoms with E-state index in [2.05, 4.69) is 5.10 Å². The maximum Gasteiger partial charge on any atom is 0.207 e. The smallest absolute Gasteiger partial charge is 0.207 e. The number of hydrogen-bond acceptors (Lipinski definition) is 2. The molecule has 0 bridgehead atoms. The number of nitrogens with one attached hydrogen (secondary N) is 1. The Labute approximate surface area is 128 Å². The Hall–Kier alpha value is -1.17. The molecule has 1 aliphatic heterocycles. The van der Waals surface area contributed by atoms with Gasteiger partial charge in [0.25, 0.3) is 0 Å². The molecule has 0 radical (unpaired) electrons. The number of halogens is 1. The molecule has 0 aliphatic carbocycles. The molecule has 4 nitrogen and oxygen atoms in total. The molecule has 0 unspecified atom stereocenters. The standard InChI is InChI=1S/C14H17ClN4S/c15-12-5-4-6-13(9-12)18-10-16-19(14(18)20)11-17-7-2-1-3-8-17/h4-6,9-10H,1-3,7-8,11H2/p+1. The second-order valence-corrected chi connectivity index (χ2v) is 6.03. The molecule has 2 aromatic rings. The maximum atomic E-state index is 6.03. The number of benzene rings is 1. The molecule has 0 spiro atoms. The van der Waals surface area contributed by atoms with Crippen molar-refractivity contribution in [3.63, 3.8) is 0 Å². The fourth-order valence-electron chi connectivity index (χ4n) is 2.67. The van der Waals surface area contributed by atoms with Gasteiger partial charge in [-0.05, 0) is 49.7 Å². The normalized spacial score (nSPS) is 16.4. The van der Waals surface area contributed by atoms with Crippen molar-refractivity contribution in [1.29, 1.82) is 0 Å². The van der Waals surface area contributed by atoms with Crippen molar-refractivity contribution >= 4 is 23.8 Å². The topological polar surface area (TPSA) is 27.2 Å². The highest BCUT2D eigenvalue weighted by atomic mass is 35.5. The summed E-state index contributed by atoms with van der Waals surface area (Å²) in [7, 11) is 0. The predicted octanol–water partition coefficient (Wildman–Crippen LogP) is 2.08. The molecule has 1 aromatic heterocycles. The number of rotatable bonds is 3. The summed E-state index contributed by atoms with van der Waals surface area (Å²) in [6.07, 6.45) is 5.73. The first-order valence-electron chi connectivity index (χ1n) is 6.98. The van der Waals surface area contributed by atoms with Crippen LogP contribution in [0.3, 0.4) is 0 Å². The summed E-state index contributed by atoms with van der Waals surface area (Å²) < 4.78 is 4.55. The second-order valence-electron chi connectivity index (χ2n) is 5.23. The lowest BCUT2D eigenvalue weighted by Crippen LogP contribution is -3.12. The lowest BCUT2D eigenvalue weighted by atomic mass is 10.1. The third kappa shape index (κ3) is 2.95. The first-order chi connectivity index (χ1) is 9.74. The molecule has 0 atom stereocenters. The van der Waals surface area contributed by atoms with Gasteiger partial charge in [0.15, 0.2) is 6.67 Å². The molecule has 0 saturated carbocycles. The highest BCUT2D eigenvalue weighted by molar-refractivity contribution is 7.71. The molecule has 2 heterocycles. The van der Waals surface area contributed by atoms with Gasteiger partial charge in [-0.15, -0.1) is 0 Å². The SMILES string of the molecule is S=c1n(-c2cccc(Cl)c2)cnn1C[NH+]1CCCCC1. The molecule has 3 rings (SSSR count). The Morgan fingerprint density at radius 1 is 1.25 bits per heavy atom. The molecular formula is C14H18ClN4S+. The average molecular weight is 310 g/mol. The van der Waals surface area contributed by atoms with E-state index in [9.17, 15) is 0 Å². The number of hydrogen-bond donors (Lipinski definition) is 1. The number of likely N-dealkylation sites (tertiary alicyclic amines) is 1. The third-order valence-electron chi connectivity index (χ3n) is 3.75. The van der Waals surface area contributed by atoms with E-state index in [4.69, 9.17) is 23.8 Å². The van der Waals surface area contributed by atoms with E-state index in [1.54, 1.807) is 11.2 Å². The van der Waals surface area contributed by atoms with E-state index in [0.717, 1.165) is 17.1 Å². The Bertz CT molecular complexity index is 643. The molecule has 1 aromatic carbocycles. The third-order valence-corrected chi connectivity index (χ3v) is 4.40. The van der Waals surface area contributed by atoms with Crippen molar-refractivity contribution in [2.24, 2.45) is 0 Å². The molecule has 20 heavy (non-hydrogen) atoms. The highest BCUT2D eigenvalue weighted by Crippen LogP contribution is 2.14. The Morgan fingerprint density at radius 3 is 2.80 bits per heavy atom. The summed E-state index contributed by atoms with van der Waals surface area (Å²) in [5.41, 5.74) is 0.961. The first-order valence-corrected chi connectivity index (χ1v) is 7.76. The molecule has 1 fully saturated rings. The van der Waals surface area contributed by atoms with Gasteiger partial charge in [0.2, 0.25) is 4.77 Å². The van der Waals surface area contributed by atoms with Crippen molar-refractivity contribution in [2.75, 3.05) is 13.1 Å². The first kappa shape index (κ1) is 13.8. The fraction of sp³-hybridized carbons (Fsp3) is 0.429. The lowest BCUT2D eigenvalue weighted by molar-refractivity contribution is -0.928. The number of quaternary nitrogens is 1. The summed E-state index contributed by atoms with van der Waals surface area (Å²) in [6, 6.07) is 7.67. The minimum Gasteiger partial charge on any atom is -0.316 e.